The van der Waals surface area contributed by atoms with E-state index in [-0.39, 0.29) is 6.29 Å². The monoisotopic (exact) mass is 318 g/mol. The molecule has 0 aromatic carbocycles. The fraction of sp³-hybridized carbons (Fsp3) is 0.810. The minimum atomic E-state index is 0.0692. The van der Waals surface area contributed by atoms with E-state index >= 15 is 0 Å². The van der Waals surface area contributed by atoms with Gasteiger partial charge in [0.1, 0.15) is 0 Å². The molecule has 2 nitrogen and oxygen atoms in total. The van der Waals surface area contributed by atoms with E-state index in [1.54, 1.807) is 0 Å². The molecule has 2 heteroatoms. The van der Waals surface area contributed by atoms with Crippen molar-refractivity contribution in [1.82, 2.24) is 0 Å². The fourth-order valence-corrected chi connectivity index (χ4v) is 2.47. The van der Waals surface area contributed by atoms with Crippen molar-refractivity contribution in [2.75, 3.05) is 13.2 Å². The lowest BCUT2D eigenvalue weighted by molar-refractivity contribution is -0.162. The largest absolute Gasteiger partial charge is 0.353 e. The van der Waals surface area contributed by atoms with E-state index in [1.165, 1.54) is 44.9 Å². The molecule has 23 heavy (non-hydrogen) atoms. The van der Waals surface area contributed by atoms with Gasteiger partial charge in [-0.25, -0.2) is 0 Å². The summed E-state index contributed by atoms with van der Waals surface area (Å²) in [6.07, 6.45) is 14.8. The molecule has 0 bridgehead atoms. The molecule has 0 N–H and O–H groups in total. The zero-order valence-corrected chi connectivity index (χ0v) is 15.0. The van der Waals surface area contributed by atoms with Crippen LogP contribution in [0, 0.1) is 23.7 Å². The number of hydrogen-bond acceptors (Lipinski definition) is 2. The quantitative estimate of drug-likeness (QED) is 0.393. The molecule has 0 radical (unpaired) electrons. The summed E-state index contributed by atoms with van der Waals surface area (Å²) in [6, 6.07) is 0. The van der Waals surface area contributed by atoms with Gasteiger partial charge >= 0.3 is 0 Å². The molecule has 1 fully saturated rings. The summed E-state index contributed by atoms with van der Waals surface area (Å²) < 4.78 is 11.3. The fourth-order valence-electron chi connectivity index (χ4n) is 2.47. The Balaban J connectivity index is 1.80. The SMILES string of the molecule is CCCCC#CCCC#CCCCCCCOC1CCCCO1. The van der Waals surface area contributed by atoms with Gasteiger partial charge < -0.3 is 9.47 Å². The highest BCUT2D eigenvalue weighted by molar-refractivity contribution is 5.05. The van der Waals surface area contributed by atoms with Crippen molar-refractivity contribution >= 4 is 0 Å². The minimum absolute atomic E-state index is 0.0692. The predicted molar refractivity (Wildman–Crippen MR) is 96.9 cm³/mol. The van der Waals surface area contributed by atoms with Gasteiger partial charge in [0.05, 0.1) is 0 Å². The third-order valence-electron chi connectivity index (χ3n) is 3.92. The van der Waals surface area contributed by atoms with E-state index in [4.69, 9.17) is 9.47 Å². The minimum Gasteiger partial charge on any atom is -0.353 e. The van der Waals surface area contributed by atoms with Crippen molar-refractivity contribution in [3.63, 3.8) is 0 Å². The maximum atomic E-state index is 5.73. The normalized spacial score (nSPS) is 17.0. The number of unbranched alkanes of at least 4 members (excludes halogenated alkanes) is 7. The van der Waals surface area contributed by atoms with Crippen molar-refractivity contribution < 1.29 is 9.47 Å². The summed E-state index contributed by atoms with van der Waals surface area (Å²) in [7, 11) is 0. The zero-order chi connectivity index (χ0) is 16.4. The van der Waals surface area contributed by atoms with Gasteiger partial charge in [0.25, 0.3) is 0 Å². The summed E-state index contributed by atoms with van der Waals surface area (Å²) >= 11 is 0. The van der Waals surface area contributed by atoms with Gasteiger partial charge in [-0.2, -0.15) is 0 Å². The number of ether oxygens (including phenoxy) is 2. The van der Waals surface area contributed by atoms with Crippen LogP contribution in [0.4, 0.5) is 0 Å². The van der Waals surface area contributed by atoms with Crippen LogP contribution in [0.1, 0.15) is 90.4 Å². The summed E-state index contributed by atoms with van der Waals surface area (Å²) in [5, 5.41) is 0. The second-order valence-electron chi connectivity index (χ2n) is 6.14. The highest BCUT2D eigenvalue weighted by atomic mass is 16.7. The molecular weight excluding hydrogens is 284 g/mol. The Kier molecular flexibility index (Phi) is 13.9. The van der Waals surface area contributed by atoms with Crippen LogP contribution in [-0.2, 0) is 9.47 Å². The molecule has 1 saturated heterocycles. The first-order chi connectivity index (χ1) is 11.4. The van der Waals surface area contributed by atoms with Gasteiger partial charge in [0.15, 0.2) is 6.29 Å². The standard InChI is InChI=1S/C21H34O2/c1-2-3-4-5-6-7-8-9-10-11-12-13-14-16-19-22-21-18-15-17-20-23-21/h21H,2-4,7-8,11-20H2,1H3. The highest BCUT2D eigenvalue weighted by Crippen LogP contribution is 2.14. The third kappa shape index (κ3) is 13.2. The summed E-state index contributed by atoms with van der Waals surface area (Å²) in [5.74, 6) is 12.9. The molecule has 0 aromatic heterocycles. The van der Waals surface area contributed by atoms with E-state index in [0.29, 0.717) is 0 Å². The van der Waals surface area contributed by atoms with Crippen LogP contribution < -0.4 is 0 Å². The van der Waals surface area contributed by atoms with Gasteiger partial charge in [0.2, 0.25) is 0 Å². The molecule has 1 unspecified atom stereocenters. The molecule has 0 spiro atoms. The van der Waals surface area contributed by atoms with Gasteiger partial charge in [0, 0.05) is 38.9 Å². The van der Waals surface area contributed by atoms with Crippen LogP contribution in [0.3, 0.4) is 0 Å². The van der Waals surface area contributed by atoms with Crippen LogP contribution in [0.2, 0.25) is 0 Å². The Morgan fingerprint density at radius 2 is 1.52 bits per heavy atom. The second-order valence-corrected chi connectivity index (χ2v) is 6.14. The molecule has 1 aliphatic heterocycles. The Hall–Kier alpha value is -0.960. The molecule has 0 aliphatic carbocycles. The molecular formula is C21H34O2. The zero-order valence-electron chi connectivity index (χ0n) is 15.0. The molecule has 1 atom stereocenters. The van der Waals surface area contributed by atoms with E-state index < -0.39 is 0 Å². The molecule has 130 valence electrons. The molecule has 0 saturated carbocycles. The Morgan fingerprint density at radius 3 is 2.22 bits per heavy atom. The lowest BCUT2D eigenvalue weighted by atomic mass is 10.1. The molecule has 0 amide bonds. The lowest BCUT2D eigenvalue weighted by Gasteiger charge is -2.22. The Bertz CT molecular complexity index is 374. The Labute approximate surface area is 143 Å². The maximum absolute atomic E-state index is 5.73. The number of hydrogen-bond donors (Lipinski definition) is 0. The summed E-state index contributed by atoms with van der Waals surface area (Å²) in [6.45, 7) is 3.91. The van der Waals surface area contributed by atoms with Crippen molar-refractivity contribution in [2.24, 2.45) is 0 Å². The van der Waals surface area contributed by atoms with Gasteiger partial charge in [-0.05, 0) is 38.5 Å². The average Bonchev–Trinajstić information content (AvgIpc) is 2.59. The summed E-state index contributed by atoms with van der Waals surface area (Å²) in [5.41, 5.74) is 0. The van der Waals surface area contributed by atoms with Gasteiger partial charge in [-0.15, -0.1) is 23.7 Å². The van der Waals surface area contributed by atoms with Gasteiger partial charge in [-0.3, -0.25) is 0 Å². The first-order valence-corrected chi connectivity index (χ1v) is 9.58. The van der Waals surface area contributed by atoms with E-state index in [9.17, 15) is 0 Å². The highest BCUT2D eigenvalue weighted by Gasteiger charge is 2.13. The van der Waals surface area contributed by atoms with Crippen molar-refractivity contribution in [3.05, 3.63) is 0 Å². The van der Waals surface area contributed by atoms with Crippen LogP contribution >= 0.6 is 0 Å². The topological polar surface area (TPSA) is 18.5 Å². The maximum Gasteiger partial charge on any atom is 0.157 e. The van der Waals surface area contributed by atoms with E-state index in [0.717, 1.165) is 51.7 Å². The van der Waals surface area contributed by atoms with Crippen molar-refractivity contribution in [3.8, 4) is 23.7 Å². The first kappa shape index (κ1) is 20.1. The van der Waals surface area contributed by atoms with Crippen LogP contribution in [0.5, 0.6) is 0 Å². The molecule has 1 heterocycles. The van der Waals surface area contributed by atoms with E-state index in [1.807, 2.05) is 0 Å². The van der Waals surface area contributed by atoms with Crippen LogP contribution in [0.15, 0.2) is 0 Å². The molecule has 1 aliphatic rings. The van der Waals surface area contributed by atoms with E-state index in [2.05, 4.69) is 30.6 Å². The third-order valence-corrected chi connectivity index (χ3v) is 3.92. The first-order valence-electron chi connectivity index (χ1n) is 9.58. The Morgan fingerprint density at radius 1 is 0.826 bits per heavy atom. The van der Waals surface area contributed by atoms with Crippen LogP contribution in [0.25, 0.3) is 0 Å². The molecule has 0 aromatic rings. The second kappa shape index (κ2) is 15.9. The summed E-state index contributed by atoms with van der Waals surface area (Å²) in [4.78, 5) is 0. The van der Waals surface area contributed by atoms with Crippen molar-refractivity contribution in [1.29, 1.82) is 0 Å². The van der Waals surface area contributed by atoms with Crippen LogP contribution in [-0.4, -0.2) is 19.5 Å². The number of rotatable bonds is 10. The van der Waals surface area contributed by atoms with Gasteiger partial charge in [-0.1, -0.05) is 26.2 Å². The predicted octanol–water partition coefficient (Wildman–Crippen LogP) is 5.46. The average molecular weight is 319 g/mol. The lowest BCUT2D eigenvalue weighted by Crippen LogP contribution is -2.22. The smallest absolute Gasteiger partial charge is 0.157 e. The molecule has 1 rings (SSSR count). The van der Waals surface area contributed by atoms with Crippen molar-refractivity contribution in [2.45, 2.75) is 96.7 Å².